The van der Waals surface area contributed by atoms with Gasteiger partial charge < -0.3 is 10.1 Å². The molecule has 0 atom stereocenters. The fraction of sp³-hybridized carbons (Fsp3) is 0.222. The number of nitrogens with one attached hydrogen (secondary N) is 1. The van der Waals surface area contributed by atoms with Gasteiger partial charge in [-0.05, 0) is 29.8 Å². The fourth-order valence-electron chi connectivity index (χ4n) is 3.04. The molecule has 0 saturated heterocycles. The minimum Gasteiger partial charge on any atom is -0.486 e. The summed E-state index contributed by atoms with van der Waals surface area (Å²) >= 11 is 6.14. The maximum Gasteiger partial charge on any atom is 0.326 e. The molecule has 1 aromatic heterocycles. The van der Waals surface area contributed by atoms with Crippen LogP contribution in [0.1, 0.15) is 5.56 Å². The van der Waals surface area contributed by atoms with Crippen LogP contribution < -0.4 is 15.0 Å². The molecule has 1 N–H and O–H groups in total. The van der Waals surface area contributed by atoms with Crippen LogP contribution in [0.2, 0.25) is 5.02 Å². The molecule has 3 aromatic rings. The molecule has 140 valence electrons. The minimum absolute atomic E-state index is 0.112. The molecule has 4 rings (SSSR count). The van der Waals surface area contributed by atoms with E-state index in [1.165, 1.54) is 6.07 Å². The van der Waals surface area contributed by atoms with E-state index < -0.39 is 13.0 Å². The molecule has 2 heterocycles. The number of hydrogen-bond donors (Lipinski definition) is 1. The third-order valence-corrected chi connectivity index (χ3v) is 4.55. The summed E-state index contributed by atoms with van der Waals surface area (Å²) in [5.74, 6) is 0.112. The second-order valence-corrected chi connectivity index (χ2v) is 6.61. The normalized spacial score (nSPS) is 13.8. The summed E-state index contributed by atoms with van der Waals surface area (Å²) in [4.78, 5) is 14.1. The Labute approximate surface area is 158 Å². The van der Waals surface area contributed by atoms with E-state index in [1.54, 1.807) is 15.6 Å². The van der Waals surface area contributed by atoms with Crippen LogP contribution in [0.4, 0.5) is 25.0 Å². The summed E-state index contributed by atoms with van der Waals surface area (Å²) in [6, 6.07) is 8.32. The van der Waals surface area contributed by atoms with Gasteiger partial charge in [-0.2, -0.15) is 5.10 Å². The second-order valence-electron chi connectivity index (χ2n) is 6.20. The van der Waals surface area contributed by atoms with E-state index in [9.17, 15) is 13.6 Å². The number of fused-ring (bicyclic) bond motifs is 2. The topological polar surface area (TPSA) is 59.4 Å². The van der Waals surface area contributed by atoms with Crippen LogP contribution in [0.25, 0.3) is 10.9 Å². The first-order valence-corrected chi connectivity index (χ1v) is 8.54. The van der Waals surface area contributed by atoms with E-state index in [0.29, 0.717) is 17.9 Å². The van der Waals surface area contributed by atoms with Crippen molar-refractivity contribution in [3.05, 3.63) is 47.1 Å². The van der Waals surface area contributed by atoms with Gasteiger partial charge in [-0.25, -0.2) is 13.6 Å². The predicted octanol–water partition coefficient (Wildman–Crippen LogP) is 4.42. The number of rotatable bonds is 4. The third kappa shape index (κ3) is 3.40. The summed E-state index contributed by atoms with van der Waals surface area (Å²) in [5.41, 5.74) is 2.80. The van der Waals surface area contributed by atoms with Crippen molar-refractivity contribution in [2.75, 3.05) is 16.8 Å². The molecule has 0 spiro atoms. The molecule has 0 fully saturated rings. The lowest BCUT2D eigenvalue weighted by molar-refractivity contribution is 0.0820. The van der Waals surface area contributed by atoms with Crippen molar-refractivity contribution < 1.29 is 18.3 Å². The van der Waals surface area contributed by atoms with Crippen LogP contribution >= 0.6 is 11.6 Å². The number of aryl methyl sites for hydroxylation is 1. The number of carbonyl (C=O) groups is 1. The number of anilines is 2. The van der Waals surface area contributed by atoms with Gasteiger partial charge in [-0.1, -0.05) is 11.6 Å². The molecular weight excluding hydrogens is 378 g/mol. The highest BCUT2D eigenvalue weighted by atomic mass is 35.5. The van der Waals surface area contributed by atoms with Crippen molar-refractivity contribution in [2.24, 2.45) is 7.05 Å². The SMILES string of the molecule is Cn1cc2cc(N3Cc4cc(Cl)c(OCC(F)F)cc4NC3=O)ccc2n1. The van der Waals surface area contributed by atoms with Gasteiger partial charge in [0.15, 0.2) is 0 Å². The molecule has 0 radical (unpaired) electrons. The molecule has 9 heteroatoms. The number of hydrogen-bond acceptors (Lipinski definition) is 3. The number of urea groups is 1. The number of aromatic nitrogens is 2. The first-order chi connectivity index (χ1) is 12.9. The largest absolute Gasteiger partial charge is 0.486 e. The van der Waals surface area contributed by atoms with Gasteiger partial charge in [0.05, 0.1) is 22.8 Å². The fourth-order valence-corrected chi connectivity index (χ4v) is 3.28. The summed E-state index contributed by atoms with van der Waals surface area (Å²) < 4.78 is 31.4. The van der Waals surface area contributed by atoms with Crippen LogP contribution in [0.3, 0.4) is 0 Å². The van der Waals surface area contributed by atoms with E-state index in [4.69, 9.17) is 16.3 Å². The van der Waals surface area contributed by atoms with Crippen LogP contribution in [0.5, 0.6) is 5.75 Å². The Morgan fingerprint density at radius 2 is 2.15 bits per heavy atom. The first-order valence-electron chi connectivity index (χ1n) is 8.16. The average Bonchev–Trinajstić information content (AvgIpc) is 2.99. The molecular formula is C18H15ClF2N4O2. The zero-order valence-electron chi connectivity index (χ0n) is 14.2. The Hall–Kier alpha value is -2.87. The second kappa shape index (κ2) is 6.70. The number of ether oxygens (including phenoxy) is 1. The van der Waals surface area contributed by atoms with Crippen LogP contribution in [0, 0.1) is 0 Å². The lowest BCUT2D eigenvalue weighted by Gasteiger charge is -2.30. The Balaban J connectivity index is 1.63. The lowest BCUT2D eigenvalue weighted by Crippen LogP contribution is -2.38. The molecule has 2 aromatic carbocycles. The van der Waals surface area contributed by atoms with Gasteiger partial charge in [-0.15, -0.1) is 0 Å². The van der Waals surface area contributed by atoms with Crippen molar-refractivity contribution in [3.63, 3.8) is 0 Å². The van der Waals surface area contributed by atoms with Gasteiger partial charge in [0.1, 0.15) is 12.4 Å². The summed E-state index contributed by atoms with van der Waals surface area (Å²) in [6.07, 6.45) is -0.734. The highest BCUT2D eigenvalue weighted by Gasteiger charge is 2.26. The first kappa shape index (κ1) is 17.5. The van der Waals surface area contributed by atoms with Gasteiger partial charge in [0.2, 0.25) is 0 Å². The molecule has 0 bridgehead atoms. The lowest BCUT2D eigenvalue weighted by atomic mass is 10.1. The van der Waals surface area contributed by atoms with Crippen molar-refractivity contribution in [1.82, 2.24) is 9.78 Å². The van der Waals surface area contributed by atoms with Crippen molar-refractivity contribution >= 4 is 39.9 Å². The van der Waals surface area contributed by atoms with Gasteiger partial charge >= 0.3 is 6.03 Å². The van der Waals surface area contributed by atoms with E-state index in [-0.39, 0.29) is 16.8 Å². The smallest absolute Gasteiger partial charge is 0.326 e. The zero-order chi connectivity index (χ0) is 19.1. The summed E-state index contributed by atoms with van der Waals surface area (Å²) in [6.45, 7) is -0.467. The van der Waals surface area contributed by atoms with Crippen molar-refractivity contribution in [3.8, 4) is 5.75 Å². The summed E-state index contributed by atoms with van der Waals surface area (Å²) in [5, 5.41) is 8.21. The maximum atomic E-state index is 12.6. The maximum absolute atomic E-state index is 12.6. The number of nitrogens with zero attached hydrogens (tertiary/aromatic N) is 3. The number of amides is 2. The van der Waals surface area contributed by atoms with Crippen molar-refractivity contribution in [1.29, 1.82) is 0 Å². The monoisotopic (exact) mass is 392 g/mol. The van der Waals surface area contributed by atoms with Gasteiger partial charge in [-0.3, -0.25) is 9.58 Å². The highest BCUT2D eigenvalue weighted by molar-refractivity contribution is 6.32. The average molecular weight is 393 g/mol. The molecule has 0 unspecified atom stereocenters. The molecule has 27 heavy (non-hydrogen) atoms. The van der Waals surface area contributed by atoms with E-state index in [0.717, 1.165) is 16.5 Å². The van der Waals surface area contributed by atoms with Crippen LogP contribution in [0.15, 0.2) is 36.5 Å². The Morgan fingerprint density at radius 1 is 1.33 bits per heavy atom. The zero-order valence-corrected chi connectivity index (χ0v) is 15.0. The summed E-state index contributed by atoms with van der Waals surface area (Å²) in [7, 11) is 1.83. The molecule has 1 aliphatic heterocycles. The molecule has 1 aliphatic rings. The number of benzene rings is 2. The number of halogens is 3. The minimum atomic E-state index is -2.61. The predicted molar refractivity (Wildman–Crippen MR) is 98.9 cm³/mol. The van der Waals surface area contributed by atoms with Gasteiger partial charge in [0, 0.05) is 30.4 Å². The van der Waals surface area contributed by atoms with Crippen LogP contribution in [-0.4, -0.2) is 28.8 Å². The molecule has 0 aliphatic carbocycles. The van der Waals surface area contributed by atoms with Crippen molar-refractivity contribution in [2.45, 2.75) is 13.0 Å². The Morgan fingerprint density at radius 3 is 2.93 bits per heavy atom. The molecule has 6 nitrogen and oxygen atoms in total. The molecule has 2 amide bonds. The number of alkyl halides is 2. The van der Waals surface area contributed by atoms with Gasteiger partial charge in [0.25, 0.3) is 6.43 Å². The quantitative estimate of drug-likeness (QED) is 0.714. The molecule has 0 saturated carbocycles. The standard InChI is InChI=1S/C18H15ClF2N4O2/c1-24-7-10-4-12(2-3-14(10)23-24)25-8-11-5-13(19)16(27-9-17(20)21)6-15(11)22-18(25)26/h2-7,17H,8-9H2,1H3,(H,22,26). The Bertz CT molecular complexity index is 1040. The number of carbonyl (C=O) groups excluding carboxylic acids is 1. The Kier molecular flexibility index (Phi) is 4.35. The van der Waals surface area contributed by atoms with E-state index in [1.807, 2.05) is 31.4 Å². The highest BCUT2D eigenvalue weighted by Crippen LogP contribution is 2.36. The third-order valence-electron chi connectivity index (χ3n) is 4.25. The van der Waals surface area contributed by atoms with Crippen LogP contribution in [-0.2, 0) is 13.6 Å². The van der Waals surface area contributed by atoms with E-state index >= 15 is 0 Å². The van der Waals surface area contributed by atoms with E-state index in [2.05, 4.69) is 10.4 Å².